The van der Waals surface area contributed by atoms with Crippen molar-refractivity contribution in [3.05, 3.63) is 59.7 Å². The molecule has 0 amide bonds. The predicted molar refractivity (Wildman–Crippen MR) is 122 cm³/mol. The lowest BCUT2D eigenvalue weighted by atomic mass is 10.1. The number of hydrogen-bond donors (Lipinski definition) is 0. The third-order valence-electron chi connectivity index (χ3n) is 6.30. The summed E-state index contributed by atoms with van der Waals surface area (Å²) in [4.78, 5) is 14.9. The van der Waals surface area contributed by atoms with E-state index in [4.69, 9.17) is 15.0 Å². The number of imidazole rings is 1. The molecule has 1 aliphatic rings. The summed E-state index contributed by atoms with van der Waals surface area (Å²) in [7, 11) is 0. The maximum Gasteiger partial charge on any atom is 0.304 e. The number of aromatic nitrogens is 6. The van der Waals surface area contributed by atoms with Gasteiger partial charge in [0.1, 0.15) is 29.3 Å². The number of hydrogen-bond acceptors (Lipinski definition) is 8. The highest BCUT2D eigenvalue weighted by Crippen LogP contribution is 2.31. The van der Waals surface area contributed by atoms with Gasteiger partial charge in [0.05, 0.1) is 36.0 Å². The zero-order valence-electron chi connectivity index (χ0n) is 19.3. The molecule has 0 saturated carbocycles. The largest absolute Gasteiger partial charge is 0.455 e. The molecule has 0 aliphatic carbocycles. The molecule has 176 valence electrons. The lowest BCUT2D eigenvalue weighted by molar-refractivity contribution is 0.200. The number of piperidine rings is 1. The van der Waals surface area contributed by atoms with Gasteiger partial charge >= 0.3 is 6.01 Å². The Morgan fingerprint density at radius 2 is 1.94 bits per heavy atom. The quantitative estimate of drug-likeness (QED) is 0.405. The Kier molecular flexibility index (Phi) is 5.75. The average Bonchev–Trinajstić information content (AvgIpc) is 3.47. The normalized spacial score (nSPS) is 15.1. The summed E-state index contributed by atoms with van der Waals surface area (Å²) in [6.07, 6.45) is 7.70. The van der Waals surface area contributed by atoms with Crippen molar-refractivity contribution in [2.75, 3.05) is 13.1 Å². The van der Waals surface area contributed by atoms with Crippen molar-refractivity contribution >= 4 is 5.65 Å². The number of rotatable bonds is 5. The molecular formula is C24H22FN9O. The Bertz CT molecular complexity index is 1450. The van der Waals surface area contributed by atoms with Crippen molar-refractivity contribution < 1.29 is 9.13 Å². The van der Waals surface area contributed by atoms with Gasteiger partial charge in [0.2, 0.25) is 0 Å². The molecule has 1 saturated heterocycles. The van der Waals surface area contributed by atoms with Gasteiger partial charge < -0.3 is 9.64 Å². The van der Waals surface area contributed by atoms with Crippen molar-refractivity contribution in [3.63, 3.8) is 0 Å². The molecule has 1 atom stereocenters. The molecule has 4 aromatic rings. The lowest BCUT2D eigenvalue weighted by Crippen LogP contribution is -2.31. The van der Waals surface area contributed by atoms with Crippen LogP contribution in [0.3, 0.4) is 0 Å². The number of pyridine rings is 1. The monoisotopic (exact) mass is 471 g/mol. The van der Waals surface area contributed by atoms with Crippen LogP contribution in [0, 0.1) is 35.5 Å². The molecule has 35 heavy (non-hydrogen) atoms. The molecule has 1 aliphatic heterocycles. The molecule has 0 N–H and O–H groups in total. The van der Waals surface area contributed by atoms with Crippen molar-refractivity contribution in [2.45, 2.75) is 38.8 Å². The maximum atomic E-state index is 13.3. The van der Waals surface area contributed by atoms with Crippen molar-refractivity contribution in [3.8, 4) is 29.5 Å². The number of fused-ring (bicyclic) bond motifs is 1. The third kappa shape index (κ3) is 4.13. The SMILES string of the molecule is Cc1c(-c2cc3ncc(C#N)n3c(O[C@H](C)c3ccc(F)cn3)n2)cnn1C1CCN(C#N)CC1. The number of halogens is 1. The standard InChI is InChI=1S/C24H22FN9O/c1-15-20(13-30-34(15)18-5-7-32(14-27)8-6-18)22-9-23-29-12-19(10-26)33(23)24(31-22)35-16(2)21-4-3-17(25)11-28-21/h3-4,9,11-13,16,18H,5-8H2,1-2H3/t16-/m1/s1. The van der Waals surface area contributed by atoms with Crippen LogP contribution in [0.5, 0.6) is 6.01 Å². The zero-order valence-corrected chi connectivity index (χ0v) is 19.3. The second-order valence-corrected chi connectivity index (χ2v) is 8.44. The number of ether oxygens (including phenoxy) is 1. The summed E-state index contributed by atoms with van der Waals surface area (Å²) < 4.78 is 23.0. The van der Waals surface area contributed by atoms with Gasteiger partial charge in [-0.25, -0.2) is 13.8 Å². The summed E-state index contributed by atoms with van der Waals surface area (Å²) in [5.74, 6) is -0.435. The molecular weight excluding hydrogens is 449 g/mol. The fourth-order valence-corrected chi connectivity index (χ4v) is 4.37. The van der Waals surface area contributed by atoms with Crippen molar-refractivity contribution in [1.82, 2.24) is 34.0 Å². The first-order chi connectivity index (χ1) is 17.0. The number of likely N-dealkylation sites (tertiary alicyclic amines) is 1. The Labute approximate surface area is 200 Å². The van der Waals surface area contributed by atoms with Gasteiger partial charge in [0, 0.05) is 30.4 Å². The van der Waals surface area contributed by atoms with Crippen LogP contribution in [-0.2, 0) is 0 Å². The second kappa shape index (κ2) is 9.03. The van der Waals surface area contributed by atoms with Gasteiger partial charge in [-0.3, -0.25) is 9.67 Å². The number of nitrogens with zero attached hydrogens (tertiary/aromatic N) is 9. The zero-order chi connectivity index (χ0) is 24.5. The van der Waals surface area contributed by atoms with Crippen LogP contribution in [0.25, 0.3) is 16.9 Å². The van der Waals surface area contributed by atoms with E-state index < -0.39 is 11.9 Å². The minimum Gasteiger partial charge on any atom is -0.455 e. The van der Waals surface area contributed by atoms with Crippen LogP contribution in [0.2, 0.25) is 0 Å². The van der Waals surface area contributed by atoms with Crippen LogP contribution in [0.1, 0.15) is 49.0 Å². The Morgan fingerprint density at radius 1 is 1.14 bits per heavy atom. The molecule has 0 aromatic carbocycles. The molecule has 5 rings (SSSR count). The molecule has 0 unspecified atom stereocenters. The van der Waals surface area contributed by atoms with Gasteiger partial charge in [-0.2, -0.15) is 20.6 Å². The summed E-state index contributed by atoms with van der Waals surface area (Å²) >= 11 is 0. The topological polar surface area (TPSA) is 121 Å². The highest BCUT2D eigenvalue weighted by Gasteiger charge is 2.24. The summed E-state index contributed by atoms with van der Waals surface area (Å²) in [5.41, 5.74) is 3.70. The molecule has 0 spiro atoms. The summed E-state index contributed by atoms with van der Waals surface area (Å²) in [6.45, 7) is 5.18. The maximum absolute atomic E-state index is 13.3. The van der Waals surface area contributed by atoms with Crippen LogP contribution >= 0.6 is 0 Å². The molecule has 11 heteroatoms. The Balaban J connectivity index is 1.51. The first-order valence-electron chi connectivity index (χ1n) is 11.2. The summed E-state index contributed by atoms with van der Waals surface area (Å²) in [5, 5.41) is 23.3. The first kappa shape index (κ1) is 22.3. The van der Waals surface area contributed by atoms with Gasteiger partial charge in [-0.05, 0) is 38.8 Å². The van der Waals surface area contributed by atoms with Crippen LogP contribution in [-0.4, -0.2) is 47.1 Å². The van der Waals surface area contributed by atoms with Crippen molar-refractivity contribution in [1.29, 1.82) is 10.5 Å². The Hall–Kier alpha value is -4.51. The minimum absolute atomic E-state index is 0.180. The molecule has 1 fully saturated rings. The van der Waals surface area contributed by atoms with E-state index in [0.717, 1.165) is 30.3 Å². The smallest absolute Gasteiger partial charge is 0.304 e. The highest BCUT2D eigenvalue weighted by molar-refractivity contribution is 5.66. The van der Waals surface area contributed by atoms with E-state index in [0.29, 0.717) is 30.1 Å². The molecule has 0 radical (unpaired) electrons. The van der Waals surface area contributed by atoms with Gasteiger partial charge in [0.15, 0.2) is 6.19 Å². The second-order valence-electron chi connectivity index (χ2n) is 8.44. The Morgan fingerprint density at radius 3 is 2.63 bits per heavy atom. The van der Waals surface area contributed by atoms with Crippen LogP contribution < -0.4 is 4.74 Å². The van der Waals surface area contributed by atoms with Gasteiger partial charge in [-0.15, -0.1) is 0 Å². The average molecular weight is 472 g/mol. The van der Waals surface area contributed by atoms with Gasteiger partial charge in [0.25, 0.3) is 0 Å². The van der Waals surface area contributed by atoms with Crippen molar-refractivity contribution in [2.24, 2.45) is 0 Å². The van der Waals surface area contributed by atoms with E-state index in [-0.39, 0.29) is 17.7 Å². The van der Waals surface area contributed by atoms with Gasteiger partial charge in [-0.1, -0.05) is 0 Å². The van der Waals surface area contributed by atoms with E-state index in [1.165, 1.54) is 12.3 Å². The van der Waals surface area contributed by atoms with E-state index in [1.54, 1.807) is 34.6 Å². The van der Waals surface area contributed by atoms with E-state index in [2.05, 4.69) is 27.3 Å². The molecule has 5 heterocycles. The predicted octanol–water partition coefficient (Wildman–Crippen LogP) is 3.56. The van der Waals surface area contributed by atoms with Crippen LogP contribution in [0.4, 0.5) is 4.39 Å². The van der Waals surface area contributed by atoms with E-state index in [9.17, 15) is 9.65 Å². The molecule has 10 nitrogen and oxygen atoms in total. The molecule has 4 aromatic heterocycles. The lowest BCUT2D eigenvalue weighted by Gasteiger charge is -2.29. The van der Waals surface area contributed by atoms with Crippen LogP contribution in [0.15, 0.2) is 36.8 Å². The molecule has 0 bridgehead atoms. The minimum atomic E-state index is -0.551. The first-order valence-corrected chi connectivity index (χ1v) is 11.2. The van der Waals surface area contributed by atoms with E-state index >= 15 is 0 Å². The van der Waals surface area contributed by atoms with E-state index in [1.807, 2.05) is 11.6 Å². The summed E-state index contributed by atoms with van der Waals surface area (Å²) in [6, 6.07) is 7.15. The number of nitriles is 2. The fourth-order valence-electron chi connectivity index (χ4n) is 4.37. The highest BCUT2D eigenvalue weighted by atomic mass is 19.1. The fraction of sp³-hybridized carbons (Fsp3) is 0.333. The third-order valence-corrected chi connectivity index (χ3v) is 6.30.